The number of alkyl halides is 2. The van der Waals surface area contributed by atoms with Crippen LogP contribution in [0.5, 0.6) is 0 Å². The molecule has 0 saturated heterocycles. The fraction of sp³-hybridized carbons (Fsp3) is 0.133. The number of aromatic nitrogens is 2. The molecule has 2 heterocycles. The van der Waals surface area contributed by atoms with Crippen LogP contribution in [0.25, 0.3) is 0 Å². The topological polar surface area (TPSA) is 142 Å². The minimum Gasteiger partial charge on any atom is -0.396 e. The van der Waals surface area contributed by atoms with Crippen LogP contribution in [0.3, 0.4) is 0 Å². The maximum Gasteiger partial charge on any atom is 0.172 e. The predicted octanol–water partition coefficient (Wildman–Crippen LogP) is 2.53. The summed E-state index contributed by atoms with van der Waals surface area (Å²) in [7, 11) is 0. The first kappa shape index (κ1) is 17.9. The monoisotopic (exact) mass is 448 g/mol. The molecule has 0 aliphatic heterocycles. The number of nitrogen functional groups attached to an aromatic ring is 2. The fourth-order valence-electron chi connectivity index (χ4n) is 1.85. The van der Waals surface area contributed by atoms with Crippen molar-refractivity contribution < 1.29 is 4.79 Å². The molecule has 0 fully saturated rings. The van der Waals surface area contributed by atoms with E-state index < -0.39 is 9.65 Å². The van der Waals surface area contributed by atoms with Crippen LogP contribution in [-0.2, 0) is 4.79 Å². The van der Waals surface area contributed by atoms with E-state index in [1.807, 2.05) is 12.1 Å². The third-order valence-electron chi connectivity index (χ3n) is 3.13. The number of halogens is 2. The number of carbonyl (C=O) groups is 1. The van der Waals surface area contributed by atoms with Crippen molar-refractivity contribution in [2.24, 2.45) is 0 Å². The number of hydrogen-bond acceptors (Lipinski definition) is 7. The van der Waals surface area contributed by atoms with Gasteiger partial charge in [0.15, 0.2) is 17.2 Å². The third kappa shape index (κ3) is 3.53. The second kappa shape index (κ2) is 7.39. The van der Waals surface area contributed by atoms with Crippen LogP contribution in [-0.4, -0.2) is 15.8 Å². The van der Waals surface area contributed by atoms with E-state index in [0.29, 0.717) is 11.4 Å². The Kier molecular flexibility index (Phi) is 5.50. The summed E-state index contributed by atoms with van der Waals surface area (Å²) in [6.07, 6.45) is 0. The summed E-state index contributed by atoms with van der Waals surface area (Å²) in [4.78, 5) is 19.2. The second-order valence-corrected chi connectivity index (χ2v) is 6.53. The summed E-state index contributed by atoms with van der Waals surface area (Å²) in [6.45, 7) is 0. The van der Waals surface area contributed by atoms with Crippen molar-refractivity contribution in [3.63, 3.8) is 0 Å². The third-order valence-corrected chi connectivity index (χ3v) is 4.97. The maximum absolute atomic E-state index is 12.6. The summed E-state index contributed by atoms with van der Waals surface area (Å²) in [6, 6.07) is 9.89. The Morgan fingerprint density at radius 2 is 1.29 bits per heavy atom. The Bertz CT molecular complexity index is 815. The molecule has 0 aliphatic rings. The van der Waals surface area contributed by atoms with Gasteiger partial charge in [-0.05, 0) is 24.3 Å². The van der Waals surface area contributed by atoms with Crippen molar-refractivity contribution >= 4 is 49.0 Å². The highest BCUT2D eigenvalue weighted by atomic mass is 79.9. The Morgan fingerprint density at radius 3 is 1.62 bits per heavy atom. The molecule has 0 spiro atoms. The van der Waals surface area contributed by atoms with Gasteiger partial charge in [0, 0.05) is 0 Å². The lowest BCUT2D eigenvalue weighted by atomic mass is 10.1. The molecule has 9 heteroatoms. The van der Waals surface area contributed by atoms with Crippen LogP contribution in [0, 0.1) is 22.7 Å². The SMILES string of the molecule is N#Cc1nc(C(Br)C(=O)C(Br)c2ccc(N)c(C#N)n2)ccc1N. The molecule has 2 rings (SSSR count). The lowest BCUT2D eigenvalue weighted by molar-refractivity contribution is -0.118. The van der Waals surface area contributed by atoms with Crippen molar-refractivity contribution in [2.45, 2.75) is 9.65 Å². The zero-order valence-electron chi connectivity index (χ0n) is 12.1. The molecule has 120 valence electrons. The van der Waals surface area contributed by atoms with Crippen molar-refractivity contribution in [2.75, 3.05) is 11.5 Å². The Morgan fingerprint density at radius 1 is 0.917 bits per heavy atom. The van der Waals surface area contributed by atoms with Gasteiger partial charge in [-0.1, -0.05) is 31.9 Å². The zero-order chi connectivity index (χ0) is 17.9. The molecular weight excluding hydrogens is 440 g/mol. The smallest absolute Gasteiger partial charge is 0.172 e. The highest BCUT2D eigenvalue weighted by Crippen LogP contribution is 2.34. The normalized spacial score (nSPS) is 12.7. The molecule has 0 bridgehead atoms. The minimum atomic E-state index is -0.778. The van der Waals surface area contributed by atoms with Crippen LogP contribution in [0.2, 0.25) is 0 Å². The standard InChI is InChI=1S/C15H10Br2N6O/c16-13(9-3-1-7(20)11(5-18)22-9)15(24)14(17)10-4-2-8(21)12(6-19)23-10/h1-4,13-14H,20-21H2. The van der Waals surface area contributed by atoms with Crippen molar-refractivity contribution in [1.29, 1.82) is 10.5 Å². The van der Waals surface area contributed by atoms with Gasteiger partial charge in [-0.2, -0.15) is 10.5 Å². The van der Waals surface area contributed by atoms with E-state index in [0.717, 1.165) is 0 Å². The molecule has 2 aromatic heterocycles. The van der Waals surface area contributed by atoms with E-state index in [-0.39, 0.29) is 28.5 Å². The number of ketones is 1. The average Bonchev–Trinajstić information content (AvgIpc) is 2.60. The largest absolute Gasteiger partial charge is 0.396 e. The van der Waals surface area contributed by atoms with E-state index in [1.54, 1.807) is 12.1 Å². The molecule has 0 amide bonds. The molecular formula is C15H10Br2N6O. The number of nitriles is 2. The van der Waals surface area contributed by atoms with E-state index >= 15 is 0 Å². The first-order valence-electron chi connectivity index (χ1n) is 6.54. The Balaban J connectivity index is 2.31. The summed E-state index contributed by atoms with van der Waals surface area (Å²) in [5.74, 6) is -0.294. The van der Waals surface area contributed by atoms with Gasteiger partial charge in [-0.15, -0.1) is 0 Å². The van der Waals surface area contributed by atoms with E-state index in [2.05, 4.69) is 41.8 Å². The molecule has 2 unspecified atom stereocenters. The molecule has 0 aromatic carbocycles. The van der Waals surface area contributed by atoms with Gasteiger partial charge in [0.1, 0.15) is 21.8 Å². The molecule has 2 aromatic rings. The molecule has 0 saturated carbocycles. The van der Waals surface area contributed by atoms with Crippen LogP contribution < -0.4 is 11.5 Å². The van der Waals surface area contributed by atoms with Gasteiger partial charge in [0.25, 0.3) is 0 Å². The van der Waals surface area contributed by atoms with E-state index in [4.69, 9.17) is 22.0 Å². The summed E-state index contributed by atoms with van der Waals surface area (Å²) in [5, 5.41) is 18.0. The molecule has 4 N–H and O–H groups in total. The number of nitrogens with two attached hydrogens (primary N) is 2. The quantitative estimate of drug-likeness (QED) is 0.682. The Labute approximate surface area is 154 Å². The first-order chi connectivity index (χ1) is 11.4. The maximum atomic E-state index is 12.6. The molecule has 7 nitrogen and oxygen atoms in total. The van der Waals surface area contributed by atoms with Gasteiger partial charge in [0.2, 0.25) is 0 Å². The second-order valence-electron chi connectivity index (χ2n) is 4.70. The first-order valence-corrected chi connectivity index (χ1v) is 8.37. The number of hydrogen-bond donors (Lipinski definition) is 2. The highest BCUT2D eigenvalue weighted by Gasteiger charge is 2.28. The number of carbonyl (C=O) groups excluding carboxylic acids is 1. The summed E-state index contributed by atoms with van der Waals surface area (Å²) in [5.41, 5.74) is 12.5. The molecule has 2 atom stereocenters. The van der Waals surface area contributed by atoms with Crippen molar-refractivity contribution in [3.8, 4) is 12.1 Å². The fourth-order valence-corrected chi connectivity index (χ4v) is 3.24. The van der Waals surface area contributed by atoms with E-state index in [9.17, 15) is 4.79 Å². The van der Waals surface area contributed by atoms with Gasteiger partial charge < -0.3 is 11.5 Å². The number of rotatable bonds is 4. The number of nitrogens with zero attached hydrogens (tertiary/aromatic N) is 4. The number of anilines is 2. The minimum absolute atomic E-state index is 0.0493. The van der Waals surface area contributed by atoms with Gasteiger partial charge >= 0.3 is 0 Å². The predicted molar refractivity (Wildman–Crippen MR) is 95.1 cm³/mol. The zero-order valence-corrected chi connectivity index (χ0v) is 15.2. The number of pyridine rings is 2. The Hall–Kier alpha value is -2.49. The van der Waals surface area contributed by atoms with Crippen LogP contribution in [0.15, 0.2) is 24.3 Å². The van der Waals surface area contributed by atoms with Crippen LogP contribution in [0.1, 0.15) is 32.4 Å². The van der Waals surface area contributed by atoms with E-state index in [1.165, 1.54) is 12.1 Å². The lowest BCUT2D eigenvalue weighted by Gasteiger charge is -2.14. The van der Waals surface area contributed by atoms with Crippen molar-refractivity contribution in [1.82, 2.24) is 9.97 Å². The molecule has 0 radical (unpaired) electrons. The van der Waals surface area contributed by atoms with Gasteiger partial charge in [-0.25, -0.2) is 9.97 Å². The van der Waals surface area contributed by atoms with Crippen LogP contribution in [0.4, 0.5) is 11.4 Å². The number of Topliss-reactive ketones (excluding diaryl/α,β-unsaturated/α-hetero) is 1. The average molecular weight is 450 g/mol. The summed E-state index contributed by atoms with van der Waals surface area (Å²) < 4.78 is 0. The highest BCUT2D eigenvalue weighted by molar-refractivity contribution is 9.10. The lowest BCUT2D eigenvalue weighted by Crippen LogP contribution is -2.16. The van der Waals surface area contributed by atoms with Crippen molar-refractivity contribution in [3.05, 3.63) is 47.0 Å². The summed E-state index contributed by atoms with van der Waals surface area (Å²) >= 11 is 6.56. The van der Waals surface area contributed by atoms with Crippen LogP contribution >= 0.6 is 31.9 Å². The van der Waals surface area contributed by atoms with Gasteiger partial charge in [-0.3, -0.25) is 4.79 Å². The molecule has 24 heavy (non-hydrogen) atoms. The van der Waals surface area contributed by atoms with Gasteiger partial charge in [0.05, 0.1) is 22.8 Å². The molecule has 0 aliphatic carbocycles.